The fourth-order valence-electron chi connectivity index (χ4n) is 8.21. The quantitative estimate of drug-likeness (QED) is 0.112. The van der Waals surface area contributed by atoms with Gasteiger partial charge in [-0.15, -0.1) is 18.0 Å². The molecule has 0 N–H and O–H groups in total. The molecule has 4 aliphatic carbocycles. The number of para-hydroxylation sites is 5. The van der Waals surface area contributed by atoms with Gasteiger partial charge in [0.25, 0.3) is 0 Å². The van der Waals surface area contributed by atoms with Gasteiger partial charge in [-0.1, -0.05) is 182 Å². The number of hydrogen-bond acceptors (Lipinski definition) is 2. The van der Waals surface area contributed by atoms with Gasteiger partial charge in [-0.2, -0.15) is 0 Å². The van der Waals surface area contributed by atoms with Crippen molar-refractivity contribution in [3.63, 3.8) is 0 Å². The Morgan fingerprint density at radius 1 is 0.439 bits per heavy atom. The molecule has 5 aliphatic rings. The third-order valence-corrected chi connectivity index (χ3v) is 11.4. The van der Waals surface area contributed by atoms with Crippen molar-refractivity contribution < 1.29 is 22.4 Å². The standard InChI is InChI=1S/C31H39N2.C22H20N.Au/c1-20(2)24-13-11-14-25(21(3)4)30(24)32-19-33(29-18-10-9-17-28(29)32)31-26(22(5)6)15-12-16-27(31)23(7)8;1-2-4-21(5-3-1)23-22-16-19-11-10-17-6-8-18(9-7-17)12-14-20(22)15-13-19;/h9-23H,1-8H3;1-9,13,15-16H,10-12,14H2;/q2*-1;. The molecule has 0 spiro atoms. The molecule has 6 aromatic carbocycles. The van der Waals surface area contributed by atoms with Crippen LogP contribution in [-0.4, -0.2) is 0 Å². The largest absolute Gasteiger partial charge is 0.658 e. The summed E-state index contributed by atoms with van der Waals surface area (Å²) in [6.45, 7) is 20.7. The van der Waals surface area contributed by atoms with E-state index in [2.05, 4.69) is 187 Å². The van der Waals surface area contributed by atoms with E-state index in [9.17, 15) is 0 Å². The Labute approximate surface area is 359 Å². The normalized spacial score (nSPS) is 13.3. The van der Waals surface area contributed by atoms with Crippen LogP contribution >= 0.6 is 0 Å². The first-order valence-corrected chi connectivity index (χ1v) is 20.8. The first kappa shape index (κ1) is 42.1. The van der Waals surface area contributed by atoms with Crippen LogP contribution in [0.3, 0.4) is 0 Å². The van der Waals surface area contributed by atoms with Crippen LogP contribution in [0, 0.1) is 6.67 Å². The molecule has 0 unspecified atom stereocenters. The summed E-state index contributed by atoms with van der Waals surface area (Å²) < 4.78 is 0. The molecule has 6 aromatic rings. The molecule has 0 atom stereocenters. The van der Waals surface area contributed by atoms with Crippen LogP contribution in [0.1, 0.15) is 124 Å². The predicted octanol–water partition coefficient (Wildman–Crippen LogP) is 15.5. The molecule has 4 bridgehead atoms. The second-order valence-corrected chi connectivity index (χ2v) is 16.8. The monoisotopic (exact) mass is 934 g/mol. The van der Waals surface area contributed by atoms with E-state index in [0.717, 1.165) is 37.1 Å². The molecule has 57 heavy (non-hydrogen) atoms. The van der Waals surface area contributed by atoms with Crippen molar-refractivity contribution in [2.45, 2.75) is 105 Å². The van der Waals surface area contributed by atoms with Crippen LogP contribution in [0.25, 0.3) is 5.32 Å². The van der Waals surface area contributed by atoms with Crippen molar-refractivity contribution in [1.29, 1.82) is 0 Å². The Morgan fingerprint density at radius 3 is 1.30 bits per heavy atom. The number of benzene rings is 6. The minimum atomic E-state index is 0. The summed E-state index contributed by atoms with van der Waals surface area (Å²) in [4.78, 5) is 4.89. The Hall–Kier alpha value is -4.54. The maximum absolute atomic E-state index is 4.89. The van der Waals surface area contributed by atoms with Gasteiger partial charge >= 0.3 is 0 Å². The molecule has 0 saturated heterocycles. The van der Waals surface area contributed by atoms with Gasteiger partial charge in [0.05, 0.1) is 0 Å². The van der Waals surface area contributed by atoms with Crippen LogP contribution in [0.15, 0.2) is 133 Å². The van der Waals surface area contributed by atoms with Crippen molar-refractivity contribution >= 4 is 34.1 Å². The summed E-state index contributed by atoms with van der Waals surface area (Å²) in [5.74, 6) is 1.79. The van der Waals surface area contributed by atoms with E-state index in [4.69, 9.17) is 5.32 Å². The topological polar surface area (TPSA) is 20.6 Å². The van der Waals surface area contributed by atoms with Gasteiger partial charge in [0.2, 0.25) is 0 Å². The zero-order valence-corrected chi connectivity index (χ0v) is 37.2. The van der Waals surface area contributed by atoms with Crippen LogP contribution in [-0.2, 0) is 48.1 Å². The van der Waals surface area contributed by atoms with Crippen LogP contribution < -0.4 is 9.80 Å². The fraction of sp³-hybridized carbons (Fsp3) is 0.302. The van der Waals surface area contributed by atoms with E-state index in [1.807, 2.05) is 18.2 Å². The first-order chi connectivity index (χ1) is 27.1. The maximum atomic E-state index is 4.89. The number of fused-ring (bicyclic) bond motifs is 1. The molecular formula is C53H59AuN3-2. The first-order valence-electron chi connectivity index (χ1n) is 20.8. The maximum Gasteiger partial charge on any atom is 0.0345 e. The number of aryl methyl sites for hydroxylation is 4. The number of nitrogens with zero attached hydrogens (tertiary/aromatic N) is 3. The van der Waals surface area contributed by atoms with Crippen molar-refractivity contribution in [1.82, 2.24) is 0 Å². The number of hydrogen-bond donors (Lipinski definition) is 0. The van der Waals surface area contributed by atoms with Crippen molar-refractivity contribution in [3.8, 4) is 0 Å². The average Bonchev–Trinajstić information content (AvgIpc) is 3.58. The zero-order chi connectivity index (χ0) is 39.3. The molecule has 0 saturated carbocycles. The molecule has 299 valence electrons. The second kappa shape index (κ2) is 18.8. The fourth-order valence-corrected chi connectivity index (χ4v) is 8.21. The zero-order valence-electron chi connectivity index (χ0n) is 35.1. The summed E-state index contributed by atoms with van der Waals surface area (Å²) in [6, 6.07) is 48.7. The molecule has 11 rings (SSSR count). The van der Waals surface area contributed by atoms with E-state index < -0.39 is 0 Å². The smallest absolute Gasteiger partial charge is 0.0345 e. The summed E-state index contributed by atoms with van der Waals surface area (Å²) in [6.07, 6.45) is 4.25. The summed E-state index contributed by atoms with van der Waals surface area (Å²) >= 11 is 0. The summed E-state index contributed by atoms with van der Waals surface area (Å²) in [5, 5.41) is 4.89. The molecule has 3 nitrogen and oxygen atoms in total. The van der Waals surface area contributed by atoms with E-state index in [0.29, 0.717) is 23.7 Å². The third-order valence-electron chi connectivity index (χ3n) is 11.4. The molecule has 4 heteroatoms. The summed E-state index contributed by atoms with van der Waals surface area (Å²) in [7, 11) is 0. The molecule has 1 aliphatic heterocycles. The molecule has 0 fully saturated rings. The third kappa shape index (κ3) is 9.44. The Morgan fingerprint density at radius 2 is 0.842 bits per heavy atom. The Kier molecular flexibility index (Phi) is 13.9. The predicted molar refractivity (Wildman–Crippen MR) is 241 cm³/mol. The molecule has 0 aromatic heterocycles. The Balaban J connectivity index is 0.000000201. The molecular weight excluding hydrogens is 876 g/mol. The minimum absolute atomic E-state index is 0. The number of anilines is 4. The van der Waals surface area contributed by atoms with Crippen LogP contribution in [0.4, 0.5) is 34.1 Å². The average molecular weight is 935 g/mol. The van der Waals surface area contributed by atoms with Gasteiger partial charge in [0, 0.05) is 45.1 Å². The SMILES string of the molecule is CC(C)c1cccc(C(C)C)c1N1[CH-]N(c2c(C(C)C)cccc2C(C)C)c2ccccc21.[Au].c1ccc([N-]c2cc3ccc2CCc2ccc(cc2)CC3)cc1. The van der Waals surface area contributed by atoms with E-state index >= 15 is 0 Å². The van der Waals surface area contributed by atoms with Crippen molar-refractivity contribution in [2.24, 2.45) is 0 Å². The van der Waals surface area contributed by atoms with Gasteiger partial charge < -0.3 is 15.1 Å². The van der Waals surface area contributed by atoms with E-state index in [1.165, 1.54) is 67.3 Å². The van der Waals surface area contributed by atoms with Gasteiger partial charge in [0.15, 0.2) is 0 Å². The van der Waals surface area contributed by atoms with Gasteiger partial charge in [-0.05, 0) is 100 Å². The Bertz CT molecular complexity index is 2100. The second-order valence-electron chi connectivity index (χ2n) is 16.8. The minimum Gasteiger partial charge on any atom is -0.658 e. The van der Waals surface area contributed by atoms with Gasteiger partial charge in [-0.25, -0.2) is 0 Å². The number of rotatable bonds is 8. The van der Waals surface area contributed by atoms with Crippen molar-refractivity contribution in [2.75, 3.05) is 9.80 Å². The van der Waals surface area contributed by atoms with Gasteiger partial charge in [-0.3, -0.25) is 0 Å². The van der Waals surface area contributed by atoms with Crippen LogP contribution in [0.2, 0.25) is 0 Å². The molecule has 1 radical (unpaired) electrons. The summed E-state index contributed by atoms with van der Waals surface area (Å²) in [5.41, 5.74) is 18.5. The molecule has 1 heterocycles. The molecule has 0 amide bonds. The van der Waals surface area contributed by atoms with Gasteiger partial charge in [0.1, 0.15) is 0 Å². The van der Waals surface area contributed by atoms with E-state index in [1.54, 1.807) is 0 Å². The van der Waals surface area contributed by atoms with Crippen molar-refractivity contribution in [3.05, 3.63) is 190 Å². The van der Waals surface area contributed by atoms with E-state index in [-0.39, 0.29) is 22.4 Å². The van der Waals surface area contributed by atoms with Crippen LogP contribution in [0.5, 0.6) is 0 Å².